The summed E-state index contributed by atoms with van der Waals surface area (Å²) >= 11 is 0. The van der Waals surface area contributed by atoms with E-state index < -0.39 is 0 Å². The van der Waals surface area contributed by atoms with Gasteiger partial charge in [-0.3, -0.25) is 15.0 Å². The molecule has 1 aliphatic heterocycles. The summed E-state index contributed by atoms with van der Waals surface area (Å²) in [5, 5.41) is 8.39. The molecule has 106 valence electrons. The molecule has 4 nitrogen and oxygen atoms in total. The van der Waals surface area contributed by atoms with Crippen molar-refractivity contribution in [1.29, 1.82) is 0 Å². The van der Waals surface area contributed by atoms with Gasteiger partial charge in [-0.05, 0) is 30.7 Å². The van der Waals surface area contributed by atoms with Crippen LogP contribution in [0.15, 0.2) is 48.8 Å². The minimum absolute atomic E-state index is 0.579. The number of pyridine rings is 1. The monoisotopic (exact) mass is 278 g/mol. The summed E-state index contributed by atoms with van der Waals surface area (Å²) in [6, 6.07) is 12.7. The van der Waals surface area contributed by atoms with Crippen molar-refractivity contribution in [3.63, 3.8) is 0 Å². The first-order valence-electron chi connectivity index (χ1n) is 7.44. The smallest absolute Gasteiger partial charge is 0.0746 e. The molecule has 0 saturated carbocycles. The largest absolute Gasteiger partial charge is 0.298 e. The molecule has 21 heavy (non-hydrogen) atoms. The minimum Gasteiger partial charge on any atom is -0.298 e. The van der Waals surface area contributed by atoms with Gasteiger partial charge in [-0.15, -0.1) is 0 Å². The van der Waals surface area contributed by atoms with Gasteiger partial charge >= 0.3 is 0 Å². The van der Waals surface area contributed by atoms with Crippen LogP contribution in [0, 0.1) is 0 Å². The normalized spacial score (nSPS) is 19.3. The van der Waals surface area contributed by atoms with Crippen LogP contribution in [0.3, 0.4) is 0 Å². The van der Waals surface area contributed by atoms with Gasteiger partial charge in [-0.25, -0.2) is 0 Å². The first-order chi connectivity index (χ1) is 10.4. The molecule has 0 spiro atoms. The van der Waals surface area contributed by atoms with Gasteiger partial charge in [0.2, 0.25) is 0 Å². The van der Waals surface area contributed by atoms with Crippen LogP contribution in [0.5, 0.6) is 0 Å². The number of aromatic nitrogens is 3. The first-order valence-corrected chi connectivity index (χ1v) is 7.44. The van der Waals surface area contributed by atoms with Crippen molar-refractivity contribution >= 4 is 10.9 Å². The highest BCUT2D eigenvalue weighted by molar-refractivity contribution is 5.81. The van der Waals surface area contributed by atoms with Crippen molar-refractivity contribution in [1.82, 2.24) is 20.1 Å². The Morgan fingerprint density at radius 3 is 3.00 bits per heavy atom. The second kappa shape index (κ2) is 5.30. The molecule has 1 aliphatic rings. The average molecular weight is 278 g/mol. The molecule has 2 aromatic heterocycles. The van der Waals surface area contributed by atoms with Crippen LogP contribution in [0.4, 0.5) is 0 Å². The molecule has 1 fully saturated rings. The maximum absolute atomic E-state index is 4.55. The Bertz CT molecular complexity index is 730. The number of likely N-dealkylation sites (tertiary alicyclic amines) is 1. The van der Waals surface area contributed by atoms with Crippen molar-refractivity contribution in [2.24, 2.45) is 0 Å². The summed E-state index contributed by atoms with van der Waals surface area (Å²) in [6.45, 7) is 3.19. The molecule has 4 heteroatoms. The number of nitrogens with zero attached hydrogens (tertiary/aromatic N) is 3. The van der Waals surface area contributed by atoms with Crippen LogP contribution in [0.25, 0.3) is 10.9 Å². The van der Waals surface area contributed by atoms with Gasteiger partial charge in [-0.1, -0.05) is 24.3 Å². The van der Waals surface area contributed by atoms with Gasteiger partial charge in [0.15, 0.2) is 0 Å². The van der Waals surface area contributed by atoms with Crippen LogP contribution in [0.2, 0.25) is 0 Å². The van der Waals surface area contributed by atoms with Crippen LogP contribution >= 0.6 is 0 Å². The zero-order valence-corrected chi connectivity index (χ0v) is 11.9. The Kier molecular flexibility index (Phi) is 3.16. The van der Waals surface area contributed by atoms with Crippen molar-refractivity contribution in [3.8, 4) is 0 Å². The number of aromatic amines is 1. The van der Waals surface area contributed by atoms with Gasteiger partial charge in [0.25, 0.3) is 0 Å². The van der Waals surface area contributed by atoms with Crippen molar-refractivity contribution in [3.05, 3.63) is 60.0 Å². The summed E-state index contributed by atoms with van der Waals surface area (Å²) < 4.78 is 0. The van der Waals surface area contributed by atoms with Crippen LogP contribution in [0.1, 0.15) is 23.6 Å². The van der Waals surface area contributed by atoms with Gasteiger partial charge in [0, 0.05) is 42.5 Å². The second-order valence-electron chi connectivity index (χ2n) is 5.72. The molecule has 3 aromatic rings. The SMILES string of the molecule is c1cnc2c(CN3CC[C@@H](c4ccn[nH]4)C3)cccc2c1. The molecule has 4 rings (SSSR count). The Morgan fingerprint density at radius 1 is 1.14 bits per heavy atom. The molecule has 0 radical (unpaired) electrons. The highest BCUT2D eigenvalue weighted by atomic mass is 15.2. The quantitative estimate of drug-likeness (QED) is 0.801. The summed E-state index contributed by atoms with van der Waals surface area (Å²) in [4.78, 5) is 7.06. The number of para-hydroxylation sites is 1. The van der Waals surface area contributed by atoms with E-state index in [4.69, 9.17) is 0 Å². The summed E-state index contributed by atoms with van der Waals surface area (Å²) in [5.74, 6) is 0.579. The summed E-state index contributed by atoms with van der Waals surface area (Å²) in [6.07, 6.45) is 4.91. The number of nitrogens with one attached hydrogen (secondary N) is 1. The van der Waals surface area contributed by atoms with Crippen LogP contribution in [-0.4, -0.2) is 33.2 Å². The number of rotatable bonds is 3. The zero-order chi connectivity index (χ0) is 14.1. The third kappa shape index (κ3) is 2.43. The predicted octanol–water partition coefficient (Wildman–Crippen LogP) is 2.95. The maximum Gasteiger partial charge on any atom is 0.0746 e. The number of fused-ring (bicyclic) bond motifs is 1. The number of hydrogen-bond acceptors (Lipinski definition) is 3. The topological polar surface area (TPSA) is 44.8 Å². The van der Waals surface area contributed by atoms with Gasteiger partial charge < -0.3 is 0 Å². The number of H-pyrrole nitrogens is 1. The van der Waals surface area contributed by atoms with E-state index in [1.54, 1.807) is 0 Å². The summed E-state index contributed by atoms with van der Waals surface area (Å²) in [7, 11) is 0. The molecular formula is C17H18N4. The minimum atomic E-state index is 0.579. The average Bonchev–Trinajstić information content (AvgIpc) is 3.18. The molecule has 0 aliphatic carbocycles. The maximum atomic E-state index is 4.55. The van der Waals surface area contributed by atoms with E-state index in [1.807, 2.05) is 18.5 Å². The lowest BCUT2D eigenvalue weighted by molar-refractivity contribution is 0.327. The lowest BCUT2D eigenvalue weighted by Gasteiger charge is -2.16. The Hall–Kier alpha value is -2.20. The molecule has 0 unspecified atom stereocenters. The van der Waals surface area contributed by atoms with E-state index in [1.165, 1.54) is 23.1 Å². The lowest BCUT2D eigenvalue weighted by Crippen LogP contribution is -2.20. The van der Waals surface area contributed by atoms with Gasteiger partial charge in [-0.2, -0.15) is 5.10 Å². The lowest BCUT2D eigenvalue weighted by atomic mass is 10.1. The van der Waals surface area contributed by atoms with E-state index in [0.717, 1.165) is 25.2 Å². The fraction of sp³-hybridized carbons (Fsp3) is 0.294. The van der Waals surface area contributed by atoms with E-state index in [9.17, 15) is 0 Å². The molecule has 1 N–H and O–H groups in total. The van der Waals surface area contributed by atoms with Crippen LogP contribution < -0.4 is 0 Å². The van der Waals surface area contributed by atoms with E-state index in [-0.39, 0.29) is 0 Å². The third-order valence-electron chi connectivity index (χ3n) is 4.34. The first kappa shape index (κ1) is 12.5. The van der Waals surface area contributed by atoms with Crippen LogP contribution in [-0.2, 0) is 6.54 Å². The Balaban J connectivity index is 1.54. The molecular weight excluding hydrogens is 260 g/mol. The zero-order valence-electron chi connectivity index (χ0n) is 11.9. The Morgan fingerprint density at radius 2 is 2.10 bits per heavy atom. The van der Waals surface area contributed by atoms with E-state index in [0.29, 0.717) is 5.92 Å². The Labute approximate surface area is 123 Å². The standard InChI is InChI=1S/C17H18N4/c1-3-13-5-2-8-18-17(13)15(4-1)12-21-10-7-14(11-21)16-6-9-19-20-16/h1-6,8-9,14H,7,10-12H2,(H,19,20)/t14-/m1/s1. The number of hydrogen-bond donors (Lipinski definition) is 1. The molecule has 0 bridgehead atoms. The van der Waals surface area contributed by atoms with Gasteiger partial charge in [0.05, 0.1) is 5.52 Å². The molecule has 3 heterocycles. The molecule has 0 amide bonds. The number of benzene rings is 1. The fourth-order valence-electron chi connectivity index (χ4n) is 3.26. The van der Waals surface area contributed by atoms with E-state index in [2.05, 4.69) is 50.4 Å². The highest BCUT2D eigenvalue weighted by Gasteiger charge is 2.25. The predicted molar refractivity (Wildman–Crippen MR) is 83.0 cm³/mol. The third-order valence-corrected chi connectivity index (χ3v) is 4.34. The molecule has 1 saturated heterocycles. The fourth-order valence-corrected chi connectivity index (χ4v) is 3.26. The molecule has 1 aromatic carbocycles. The van der Waals surface area contributed by atoms with Crippen molar-refractivity contribution < 1.29 is 0 Å². The highest BCUT2D eigenvalue weighted by Crippen LogP contribution is 2.27. The van der Waals surface area contributed by atoms with E-state index >= 15 is 0 Å². The summed E-state index contributed by atoms with van der Waals surface area (Å²) in [5.41, 5.74) is 3.71. The van der Waals surface area contributed by atoms with Gasteiger partial charge in [0.1, 0.15) is 0 Å². The second-order valence-corrected chi connectivity index (χ2v) is 5.72. The molecule has 1 atom stereocenters. The van der Waals surface area contributed by atoms with Crippen molar-refractivity contribution in [2.75, 3.05) is 13.1 Å². The van der Waals surface area contributed by atoms with Crippen molar-refractivity contribution in [2.45, 2.75) is 18.9 Å².